The van der Waals surface area contributed by atoms with E-state index in [1.807, 2.05) is 13.0 Å². The normalized spacial score (nSPS) is 23.0. The first-order valence-electron chi connectivity index (χ1n) is 6.20. The lowest BCUT2D eigenvalue weighted by molar-refractivity contribution is 0.178. The molecule has 16 heavy (non-hydrogen) atoms. The lowest BCUT2D eigenvalue weighted by atomic mass is 9.94. The third-order valence-corrected chi connectivity index (χ3v) is 3.33. The molecule has 0 bridgehead atoms. The van der Waals surface area contributed by atoms with Gasteiger partial charge in [-0.25, -0.2) is 0 Å². The molecule has 0 fully saturated rings. The molecule has 1 N–H and O–H groups in total. The van der Waals surface area contributed by atoms with Crippen LogP contribution in [0.2, 0.25) is 0 Å². The highest BCUT2D eigenvalue weighted by molar-refractivity contribution is 5.25. The SMILES string of the molecule is Cc1ccoc1C(O)/C1=C/CCCCCC1. The Morgan fingerprint density at radius 2 is 2.06 bits per heavy atom. The number of rotatable bonds is 2. The maximum absolute atomic E-state index is 10.3. The Morgan fingerprint density at radius 1 is 1.25 bits per heavy atom. The topological polar surface area (TPSA) is 33.4 Å². The Kier molecular flexibility index (Phi) is 3.83. The van der Waals surface area contributed by atoms with E-state index in [1.54, 1.807) is 6.26 Å². The molecular formula is C14H20O2. The van der Waals surface area contributed by atoms with Crippen molar-refractivity contribution in [2.75, 3.05) is 0 Å². The smallest absolute Gasteiger partial charge is 0.139 e. The summed E-state index contributed by atoms with van der Waals surface area (Å²) in [6.45, 7) is 1.98. The van der Waals surface area contributed by atoms with Gasteiger partial charge in [0.1, 0.15) is 11.9 Å². The van der Waals surface area contributed by atoms with Gasteiger partial charge in [-0.15, -0.1) is 0 Å². The largest absolute Gasteiger partial charge is 0.466 e. The lowest BCUT2D eigenvalue weighted by Gasteiger charge is -2.16. The monoisotopic (exact) mass is 220 g/mol. The Hall–Kier alpha value is -1.02. The van der Waals surface area contributed by atoms with E-state index in [-0.39, 0.29) is 0 Å². The van der Waals surface area contributed by atoms with Crippen LogP contribution < -0.4 is 0 Å². The molecule has 2 heteroatoms. The summed E-state index contributed by atoms with van der Waals surface area (Å²) in [7, 11) is 0. The fourth-order valence-electron chi connectivity index (χ4n) is 2.30. The van der Waals surface area contributed by atoms with Gasteiger partial charge in [-0.2, -0.15) is 0 Å². The molecule has 0 saturated carbocycles. The Labute approximate surface area is 97.0 Å². The highest BCUT2D eigenvalue weighted by Gasteiger charge is 2.18. The Morgan fingerprint density at radius 3 is 2.81 bits per heavy atom. The van der Waals surface area contributed by atoms with Crippen LogP contribution in [0.3, 0.4) is 0 Å². The number of aryl methyl sites for hydroxylation is 1. The van der Waals surface area contributed by atoms with Gasteiger partial charge in [-0.05, 0) is 49.8 Å². The molecule has 2 rings (SSSR count). The van der Waals surface area contributed by atoms with E-state index in [9.17, 15) is 5.11 Å². The van der Waals surface area contributed by atoms with Crippen molar-refractivity contribution in [2.45, 2.75) is 51.6 Å². The fourth-order valence-corrected chi connectivity index (χ4v) is 2.30. The second kappa shape index (κ2) is 5.35. The van der Waals surface area contributed by atoms with Crippen molar-refractivity contribution < 1.29 is 9.52 Å². The van der Waals surface area contributed by atoms with Crippen molar-refractivity contribution in [3.8, 4) is 0 Å². The maximum Gasteiger partial charge on any atom is 0.139 e. The van der Waals surface area contributed by atoms with E-state index >= 15 is 0 Å². The summed E-state index contributed by atoms with van der Waals surface area (Å²) < 4.78 is 5.36. The molecule has 1 heterocycles. The second-order valence-electron chi connectivity index (χ2n) is 4.60. The van der Waals surface area contributed by atoms with Crippen LogP contribution in [0.1, 0.15) is 56.0 Å². The minimum absolute atomic E-state index is 0.534. The highest BCUT2D eigenvalue weighted by atomic mass is 16.4. The van der Waals surface area contributed by atoms with Gasteiger partial charge in [0.2, 0.25) is 0 Å². The number of hydrogen-bond acceptors (Lipinski definition) is 2. The van der Waals surface area contributed by atoms with Crippen LogP contribution in [0.15, 0.2) is 28.4 Å². The molecule has 0 aromatic carbocycles. The summed E-state index contributed by atoms with van der Waals surface area (Å²) in [6, 6.07) is 1.90. The van der Waals surface area contributed by atoms with Gasteiger partial charge in [0.15, 0.2) is 0 Å². The van der Waals surface area contributed by atoms with E-state index in [2.05, 4.69) is 6.08 Å². The average molecular weight is 220 g/mol. The van der Waals surface area contributed by atoms with Crippen LogP contribution in [-0.2, 0) is 0 Å². The summed E-state index contributed by atoms with van der Waals surface area (Å²) >= 11 is 0. The molecule has 1 aliphatic carbocycles. The van der Waals surface area contributed by atoms with Crippen molar-refractivity contribution >= 4 is 0 Å². The molecule has 0 radical (unpaired) electrons. The Balaban J connectivity index is 2.13. The molecule has 0 saturated heterocycles. The fraction of sp³-hybridized carbons (Fsp3) is 0.571. The van der Waals surface area contributed by atoms with Gasteiger partial charge in [-0.3, -0.25) is 0 Å². The summed E-state index contributed by atoms with van der Waals surface area (Å²) in [5, 5.41) is 10.3. The Bertz CT molecular complexity index is 363. The van der Waals surface area contributed by atoms with Crippen LogP contribution in [0, 0.1) is 6.92 Å². The predicted molar refractivity (Wildman–Crippen MR) is 64.2 cm³/mol. The maximum atomic E-state index is 10.3. The minimum Gasteiger partial charge on any atom is -0.466 e. The van der Waals surface area contributed by atoms with Crippen LogP contribution in [0.25, 0.3) is 0 Å². The molecule has 1 aliphatic rings. The van der Waals surface area contributed by atoms with Gasteiger partial charge in [0.25, 0.3) is 0 Å². The van der Waals surface area contributed by atoms with Crippen LogP contribution >= 0.6 is 0 Å². The van der Waals surface area contributed by atoms with Gasteiger partial charge in [0.05, 0.1) is 6.26 Å². The molecule has 0 spiro atoms. The molecule has 1 aromatic rings. The molecule has 1 unspecified atom stereocenters. The zero-order valence-electron chi connectivity index (χ0n) is 9.91. The first-order chi connectivity index (χ1) is 7.79. The van der Waals surface area contributed by atoms with Gasteiger partial charge in [0, 0.05) is 0 Å². The first kappa shape index (κ1) is 11.5. The molecular weight excluding hydrogens is 200 g/mol. The summed E-state index contributed by atoms with van der Waals surface area (Å²) in [6.07, 6.45) is 10.4. The van der Waals surface area contributed by atoms with Gasteiger partial charge >= 0.3 is 0 Å². The van der Waals surface area contributed by atoms with Crippen LogP contribution in [0.4, 0.5) is 0 Å². The summed E-state index contributed by atoms with van der Waals surface area (Å²) in [5.74, 6) is 0.715. The van der Waals surface area contributed by atoms with Gasteiger partial charge < -0.3 is 9.52 Å². The van der Waals surface area contributed by atoms with Gasteiger partial charge in [-0.1, -0.05) is 18.9 Å². The molecule has 2 nitrogen and oxygen atoms in total. The standard InChI is InChI=1S/C14H20O2/c1-11-9-10-16-14(11)13(15)12-7-5-3-2-4-6-8-12/h7,9-10,13,15H,2-6,8H2,1H3/b12-7+. The van der Waals surface area contributed by atoms with E-state index in [0.717, 1.165) is 24.0 Å². The number of aliphatic hydroxyl groups excluding tert-OH is 1. The zero-order valence-corrected chi connectivity index (χ0v) is 9.91. The zero-order chi connectivity index (χ0) is 11.4. The average Bonchev–Trinajstić information content (AvgIpc) is 2.63. The van der Waals surface area contributed by atoms with Crippen molar-refractivity contribution in [3.63, 3.8) is 0 Å². The third kappa shape index (κ3) is 2.56. The molecule has 0 aliphatic heterocycles. The van der Waals surface area contributed by atoms with Crippen molar-refractivity contribution in [1.29, 1.82) is 0 Å². The van der Waals surface area contributed by atoms with E-state index < -0.39 is 6.10 Å². The molecule has 0 amide bonds. The van der Waals surface area contributed by atoms with Crippen molar-refractivity contribution in [1.82, 2.24) is 0 Å². The summed E-state index contributed by atoms with van der Waals surface area (Å²) in [4.78, 5) is 0. The van der Waals surface area contributed by atoms with E-state index in [1.165, 1.54) is 25.7 Å². The lowest BCUT2D eigenvalue weighted by Crippen LogP contribution is -2.03. The molecule has 1 aromatic heterocycles. The minimum atomic E-state index is -0.534. The highest BCUT2D eigenvalue weighted by Crippen LogP contribution is 2.30. The third-order valence-electron chi connectivity index (χ3n) is 3.33. The number of furan rings is 1. The molecule has 1 atom stereocenters. The van der Waals surface area contributed by atoms with Crippen LogP contribution in [-0.4, -0.2) is 5.11 Å². The first-order valence-corrected chi connectivity index (χ1v) is 6.20. The number of allylic oxidation sites excluding steroid dienone is 1. The van der Waals surface area contributed by atoms with E-state index in [4.69, 9.17) is 4.42 Å². The predicted octanol–water partition coefficient (Wildman–Crippen LogP) is 3.90. The van der Waals surface area contributed by atoms with Crippen molar-refractivity contribution in [2.24, 2.45) is 0 Å². The van der Waals surface area contributed by atoms with Crippen molar-refractivity contribution in [3.05, 3.63) is 35.3 Å². The quantitative estimate of drug-likeness (QED) is 0.767. The number of aliphatic hydroxyl groups is 1. The number of hydrogen-bond donors (Lipinski definition) is 1. The summed E-state index contributed by atoms with van der Waals surface area (Å²) in [5.41, 5.74) is 2.17. The second-order valence-corrected chi connectivity index (χ2v) is 4.60. The molecule has 88 valence electrons. The van der Waals surface area contributed by atoms with Crippen LogP contribution in [0.5, 0.6) is 0 Å². The van der Waals surface area contributed by atoms with E-state index in [0.29, 0.717) is 5.76 Å².